The van der Waals surface area contributed by atoms with Gasteiger partial charge in [0.2, 0.25) is 0 Å². The number of fused-ring (bicyclic) bond motifs is 1. The van der Waals surface area contributed by atoms with Crippen molar-refractivity contribution < 1.29 is 17.9 Å². The summed E-state index contributed by atoms with van der Waals surface area (Å²) in [5, 5.41) is 0.367. The van der Waals surface area contributed by atoms with Crippen LogP contribution >= 0.6 is 11.6 Å². The van der Waals surface area contributed by atoms with Crippen molar-refractivity contribution in [3.05, 3.63) is 28.8 Å². The van der Waals surface area contributed by atoms with Gasteiger partial charge in [-0.1, -0.05) is 24.6 Å². The largest absolute Gasteiger partial charge is 0.469 e. The van der Waals surface area contributed by atoms with Crippen LogP contribution in [0.3, 0.4) is 0 Å². The van der Waals surface area contributed by atoms with Crippen molar-refractivity contribution in [3.8, 4) is 0 Å². The number of benzene rings is 1. The first kappa shape index (κ1) is 17.3. The van der Waals surface area contributed by atoms with E-state index in [4.69, 9.17) is 11.6 Å². The molecule has 4 nitrogen and oxygen atoms in total. The molecule has 22 heavy (non-hydrogen) atoms. The Balaban J connectivity index is 0.000000254. The van der Waals surface area contributed by atoms with Gasteiger partial charge in [0.15, 0.2) is 9.84 Å². The molecule has 1 aromatic rings. The maximum atomic E-state index is 11.4. The number of hydrogen-bond donors (Lipinski definition) is 0. The van der Waals surface area contributed by atoms with Crippen LogP contribution in [0.4, 0.5) is 0 Å². The van der Waals surface area contributed by atoms with Crippen molar-refractivity contribution in [3.63, 3.8) is 0 Å². The number of sulfone groups is 1. The molecule has 0 radical (unpaired) electrons. The predicted molar refractivity (Wildman–Crippen MR) is 85.8 cm³/mol. The molecule has 2 fully saturated rings. The van der Waals surface area contributed by atoms with E-state index in [0.29, 0.717) is 17.4 Å². The first-order valence-corrected chi connectivity index (χ1v) is 9.62. The summed E-state index contributed by atoms with van der Waals surface area (Å²) in [6, 6.07) is 5.40. The molecule has 0 amide bonds. The monoisotopic (exact) mass is 344 g/mol. The second-order valence-corrected chi connectivity index (χ2v) is 8.21. The Bertz CT molecular complexity index is 653. The van der Waals surface area contributed by atoms with Crippen LogP contribution in [-0.4, -0.2) is 27.8 Å². The average Bonchev–Trinajstić information content (AvgIpc) is 2.97. The van der Waals surface area contributed by atoms with Gasteiger partial charge >= 0.3 is 5.97 Å². The van der Waals surface area contributed by atoms with Crippen LogP contribution in [-0.2, 0) is 19.4 Å². The van der Waals surface area contributed by atoms with E-state index in [1.165, 1.54) is 31.8 Å². The predicted octanol–water partition coefficient (Wildman–Crippen LogP) is 3.44. The van der Waals surface area contributed by atoms with Gasteiger partial charge in [0.1, 0.15) is 0 Å². The summed E-state index contributed by atoms with van der Waals surface area (Å²) < 4.78 is 27.1. The maximum Gasteiger partial charge on any atom is 0.305 e. The van der Waals surface area contributed by atoms with Gasteiger partial charge in [0.25, 0.3) is 0 Å². The molecule has 0 saturated heterocycles. The number of carbonyl (C=O) groups excluding carboxylic acids is 1. The van der Waals surface area contributed by atoms with Crippen molar-refractivity contribution in [2.45, 2.75) is 37.0 Å². The second-order valence-electron chi connectivity index (χ2n) is 5.82. The smallest absolute Gasteiger partial charge is 0.305 e. The molecule has 0 aromatic heterocycles. The highest BCUT2D eigenvalue weighted by Gasteiger charge is 2.56. The number of methoxy groups -OCH3 is 1. The van der Waals surface area contributed by atoms with Crippen LogP contribution < -0.4 is 0 Å². The molecule has 6 heteroatoms. The van der Waals surface area contributed by atoms with Gasteiger partial charge in [-0.3, -0.25) is 4.79 Å². The van der Waals surface area contributed by atoms with Crippen LogP contribution in [0.15, 0.2) is 23.1 Å². The number of rotatable bonds is 3. The first-order chi connectivity index (χ1) is 10.3. The summed E-state index contributed by atoms with van der Waals surface area (Å²) >= 11 is 6.02. The third kappa shape index (κ3) is 3.63. The molecule has 122 valence electrons. The van der Waals surface area contributed by atoms with E-state index in [0.717, 1.165) is 11.8 Å². The Morgan fingerprint density at radius 3 is 2.23 bits per heavy atom. The third-order valence-corrected chi connectivity index (χ3v) is 6.00. The zero-order valence-corrected chi connectivity index (χ0v) is 14.6. The van der Waals surface area contributed by atoms with E-state index in [1.54, 1.807) is 13.0 Å². The van der Waals surface area contributed by atoms with Gasteiger partial charge in [0, 0.05) is 12.7 Å². The standard InChI is InChI=1S/C12H13ClO2S.C4H8O2/c1-16(14,15)11-5-2-7(6-10(11)13)12-8-3-4-9(8)12;1-3-4(5)6-2/h2,5-6,8-9,12H,3-4H2,1H3;3H2,1-2H3. The van der Waals surface area contributed by atoms with Crippen LogP contribution in [0.5, 0.6) is 0 Å². The summed E-state index contributed by atoms with van der Waals surface area (Å²) in [4.78, 5) is 10.2. The Kier molecular flexibility index (Phi) is 5.17. The van der Waals surface area contributed by atoms with E-state index < -0.39 is 9.84 Å². The van der Waals surface area contributed by atoms with E-state index in [9.17, 15) is 13.2 Å². The molecular formula is C16H21ClO4S. The quantitative estimate of drug-likeness (QED) is 0.788. The molecule has 2 saturated carbocycles. The fourth-order valence-electron chi connectivity index (χ4n) is 3.02. The zero-order valence-electron chi connectivity index (χ0n) is 13.0. The summed E-state index contributed by atoms with van der Waals surface area (Å²) in [6.45, 7) is 1.76. The topological polar surface area (TPSA) is 60.4 Å². The molecule has 3 rings (SSSR count). The first-order valence-electron chi connectivity index (χ1n) is 7.36. The number of esters is 1. The molecule has 2 unspecified atom stereocenters. The van der Waals surface area contributed by atoms with Gasteiger partial charge < -0.3 is 4.74 Å². The van der Waals surface area contributed by atoms with Crippen LogP contribution in [0.2, 0.25) is 5.02 Å². The molecular weight excluding hydrogens is 324 g/mol. The second kappa shape index (κ2) is 6.59. The number of halogens is 1. The fourth-order valence-corrected chi connectivity index (χ4v) is 4.36. The van der Waals surface area contributed by atoms with E-state index in [1.807, 2.05) is 12.1 Å². The lowest BCUT2D eigenvalue weighted by Gasteiger charge is -2.04. The van der Waals surface area contributed by atoms with E-state index in [2.05, 4.69) is 4.74 Å². The van der Waals surface area contributed by atoms with Gasteiger partial charge in [-0.2, -0.15) is 0 Å². The normalized spacial score (nSPS) is 25.2. The molecule has 2 aliphatic carbocycles. The van der Waals surface area contributed by atoms with Gasteiger partial charge in [-0.05, 0) is 48.3 Å². The molecule has 0 spiro atoms. The molecule has 2 aliphatic rings. The Hall–Kier alpha value is -1.07. The lowest BCUT2D eigenvalue weighted by Crippen LogP contribution is -1.98. The third-order valence-electron chi connectivity index (χ3n) is 4.42. The van der Waals surface area contributed by atoms with E-state index in [-0.39, 0.29) is 10.9 Å². The Morgan fingerprint density at radius 2 is 1.91 bits per heavy atom. The molecule has 2 atom stereocenters. The van der Waals surface area contributed by atoms with Crippen molar-refractivity contribution in [1.82, 2.24) is 0 Å². The Morgan fingerprint density at radius 1 is 1.32 bits per heavy atom. The molecule has 1 aromatic carbocycles. The molecule has 0 aliphatic heterocycles. The highest BCUT2D eigenvalue weighted by atomic mass is 35.5. The summed E-state index contributed by atoms with van der Waals surface area (Å²) in [6.07, 6.45) is 4.30. The lowest BCUT2D eigenvalue weighted by molar-refractivity contribution is -0.140. The fraction of sp³-hybridized carbons (Fsp3) is 0.562. The zero-order chi connectivity index (χ0) is 16.5. The van der Waals surface area contributed by atoms with Crippen LogP contribution in [0.25, 0.3) is 0 Å². The summed E-state index contributed by atoms with van der Waals surface area (Å²) in [7, 11) is -1.82. The minimum atomic E-state index is -3.20. The molecule has 0 bridgehead atoms. The minimum Gasteiger partial charge on any atom is -0.469 e. The van der Waals surface area contributed by atoms with Crippen molar-refractivity contribution in [2.24, 2.45) is 11.8 Å². The van der Waals surface area contributed by atoms with Crippen molar-refractivity contribution >= 4 is 27.4 Å². The summed E-state index contributed by atoms with van der Waals surface area (Å²) in [5.41, 5.74) is 1.21. The number of carbonyl (C=O) groups is 1. The Labute approximate surface area is 136 Å². The highest BCUT2D eigenvalue weighted by Crippen LogP contribution is 2.66. The molecule has 0 heterocycles. The highest BCUT2D eigenvalue weighted by molar-refractivity contribution is 7.90. The van der Waals surface area contributed by atoms with Crippen molar-refractivity contribution in [2.75, 3.05) is 13.4 Å². The maximum absolute atomic E-state index is 11.4. The molecule has 0 N–H and O–H groups in total. The number of hydrogen-bond acceptors (Lipinski definition) is 4. The van der Waals surface area contributed by atoms with Gasteiger partial charge in [-0.15, -0.1) is 0 Å². The number of ether oxygens (including phenoxy) is 1. The van der Waals surface area contributed by atoms with Gasteiger partial charge in [0.05, 0.1) is 17.0 Å². The van der Waals surface area contributed by atoms with Crippen molar-refractivity contribution in [1.29, 1.82) is 0 Å². The van der Waals surface area contributed by atoms with E-state index >= 15 is 0 Å². The minimum absolute atomic E-state index is 0.157. The van der Waals surface area contributed by atoms with Crippen LogP contribution in [0.1, 0.15) is 37.7 Å². The average molecular weight is 345 g/mol. The SMILES string of the molecule is CCC(=O)OC.CS(=O)(=O)c1ccc(C2C3CCC32)cc1Cl. The summed E-state index contributed by atoms with van der Waals surface area (Å²) in [5.74, 6) is 2.18. The van der Waals surface area contributed by atoms with Crippen LogP contribution in [0, 0.1) is 11.8 Å². The lowest BCUT2D eigenvalue weighted by atomic mass is 10.0. The van der Waals surface area contributed by atoms with Gasteiger partial charge in [-0.25, -0.2) is 8.42 Å².